The predicted molar refractivity (Wildman–Crippen MR) is 81.8 cm³/mol. The standard InChI is InChI=1S/C14H24N6O/c1-4-13(21)20-8-6-11(10-20)18-14(15-2)16-9-12-5-7-17-19(12)3/h5,7,11H,4,6,8-10H2,1-3H3,(H2,15,16,18). The van der Waals surface area contributed by atoms with Gasteiger partial charge < -0.3 is 15.5 Å². The molecule has 1 atom stereocenters. The van der Waals surface area contributed by atoms with Gasteiger partial charge in [0.25, 0.3) is 0 Å². The lowest BCUT2D eigenvalue weighted by atomic mass is 10.3. The number of likely N-dealkylation sites (tertiary alicyclic amines) is 1. The van der Waals surface area contributed by atoms with Crippen LogP contribution in [0.4, 0.5) is 0 Å². The predicted octanol–water partition coefficient (Wildman–Crippen LogP) is 0.0960. The molecule has 1 amide bonds. The molecule has 0 aliphatic carbocycles. The smallest absolute Gasteiger partial charge is 0.222 e. The number of nitrogens with zero attached hydrogens (tertiary/aromatic N) is 4. The number of amides is 1. The first-order valence-corrected chi connectivity index (χ1v) is 7.35. The number of guanidine groups is 1. The fourth-order valence-corrected chi connectivity index (χ4v) is 2.47. The second kappa shape index (κ2) is 7.10. The van der Waals surface area contributed by atoms with E-state index in [0.29, 0.717) is 13.0 Å². The van der Waals surface area contributed by atoms with Crippen molar-refractivity contribution in [1.82, 2.24) is 25.3 Å². The van der Waals surface area contributed by atoms with Crippen molar-refractivity contribution < 1.29 is 4.79 Å². The van der Waals surface area contributed by atoms with Gasteiger partial charge in [0.05, 0.1) is 12.2 Å². The zero-order valence-corrected chi connectivity index (χ0v) is 13.0. The van der Waals surface area contributed by atoms with Crippen molar-refractivity contribution in [2.75, 3.05) is 20.1 Å². The molecule has 2 heterocycles. The molecule has 7 nitrogen and oxygen atoms in total. The summed E-state index contributed by atoms with van der Waals surface area (Å²) in [4.78, 5) is 17.8. The van der Waals surface area contributed by atoms with Gasteiger partial charge in [-0.3, -0.25) is 14.5 Å². The van der Waals surface area contributed by atoms with Crippen molar-refractivity contribution >= 4 is 11.9 Å². The number of rotatable bonds is 4. The highest BCUT2D eigenvalue weighted by molar-refractivity contribution is 5.80. The van der Waals surface area contributed by atoms with Gasteiger partial charge in [0.1, 0.15) is 0 Å². The van der Waals surface area contributed by atoms with Gasteiger partial charge in [-0.05, 0) is 12.5 Å². The third kappa shape index (κ3) is 3.96. The molecular weight excluding hydrogens is 268 g/mol. The second-order valence-electron chi connectivity index (χ2n) is 5.20. The summed E-state index contributed by atoms with van der Waals surface area (Å²) in [5.41, 5.74) is 1.09. The van der Waals surface area contributed by atoms with E-state index in [1.807, 2.05) is 29.6 Å². The molecule has 116 valence electrons. The van der Waals surface area contributed by atoms with Crippen molar-refractivity contribution in [1.29, 1.82) is 0 Å². The Bertz CT molecular complexity index is 509. The highest BCUT2D eigenvalue weighted by Crippen LogP contribution is 2.10. The summed E-state index contributed by atoms with van der Waals surface area (Å²) >= 11 is 0. The van der Waals surface area contributed by atoms with E-state index < -0.39 is 0 Å². The van der Waals surface area contributed by atoms with E-state index in [1.165, 1.54) is 0 Å². The quantitative estimate of drug-likeness (QED) is 0.609. The monoisotopic (exact) mass is 292 g/mol. The molecule has 1 aromatic heterocycles. The Balaban J connectivity index is 1.81. The summed E-state index contributed by atoms with van der Waals surface area (Å²) in [7, 11) is 3.67. The molecule has 1 fully saturated rings. The highest BCUT2D eigenvalue weighted by atomic mass is 16.2. The SMILES string of the molecule is CCC(=O)N1CCC(NC(=NC)NCc2ccnn2C)C1. The Morgan fingerprint density at radius 1 is 1.57 bits per heavy atom. The van der Waals surface area contributed by atoms with Gasteiger partial charge in [-0.15, -0.1) is 0 Å². The van der Waals surface area contributed by atoms with Gasteiger partial charge in [-0.1, -0.05) is 6.92 Å². The van der Waals surface area contributed by atoms with Crippen LogP contribution in [0.25, 0.3) is 0 Å². The first-order valence-electron chi connectivity index (χ1n) is 7.35. The van der Waals surface area contributed by atoms with E-state index in [2.05, 4.69) is 20.7 Å². The van der Waals surface area contributed by atoms with Crippen molar-refractivity contribution in [3.8, 4) is 0 Å². The zero-order valence-electron chi connectivity index (χ0n) is 13.0. The Morgan fingerprint density at radius 3 is 3.00 bits per heavy atom. The average molecular weight is 292 g/mol. The van der Waals surface area contributed by atoms with Crippen molar-refractivity contribution in [2.45, 2.75) is 32.4 Å². The lowest BCUT2D eigenvalue weighted by Gasteiger charge is -2.18. The molecule has 1 unspecified atom stereocenters. The largest absolute Gasteiger partial charge is 0.352 e. The van der Waals surface area contributed by atoms with E-state index in [-0.39, 0.29) is 11.9 Å². The number of nitrogens with one attached hydrogen (secondary N) is 2. The van der Waals surface area contributed by atoms with Crippen LogP contribution in [0.15, 0.2) is 17.3 Å². The molecular formula is C14H24N6O. The maximum absolute atomic E-state index is 11.7. The van der Waals surface area contributed by atoms with Crippen LogP contribution >= 0.6 is 0 Å². The number of hydrogen-bond donors (Lipinski definition) is 2. The van der Waals surface area contributed by atoms with E-state index in [9.17, 15) is 4.79 Å². The highest BCUT2D eigenvalue weighted by Gasteiger charge is 2.25. The molecule has 1 aliphatic rings. The van der Waals surface area contributed by atoms with Gasteiger partial charge in [0.15, 0.2) is 5.96 Å². The van der Waals surface area contributed by atoms with Gasteiger partial charge in [0.2, 0.25) is 5.91 Å². The molecule has 0 bridgehead atoms. The molecule has 2 N–H and O–H groups in total. The lowest BCUT2D eigenvalue weighted by molar-refractivity contribution is -0.129. The normalized spacial score (nSPS) is 18.9. The number of aryl methyl sites for hydroxylation is 1. The fourth-order valence-electron chi connectivity index (χ4n) is 2.47. The third-order valence-electron chi connectivity index (χ3n) is 3.77. The molecule has 0 radical (unpaired) electrons. The number of aromatic nitrogens is 2. The molecule has 1 aliphatic heterocycles. The van der Waals surface area contributed by atoms with Crippen LogP contribution in [0.3, 0.4) is 0 Å². The number of carbonyl (C=O) groups is 1. The number of aliphatic imine (C=N–C) groups is 1. The molecule has 2 rings (SSSR count). The fraction of sp³-hybridized carbons (Fsp3) is 0.643. The molecule has 0 spiro atoms. The Hall–Kier alpha value is -2.05. The second-order valence-corrected chi connectivity index (χ2v) is 5.20. The lowest BCUT2D eigenvalue weighted by Crippen LogP contribution is -2.44. The summed E-state index contributed by atoms with van der Waals surface area (Å²) in [6.07, 6.45) is 3.30. The van der Waals surface area contributed by atoms with Crippen molar-refractivity contribution in [3.05, 3.63) is 18.0 Å². The summed E-state index contributed by atoms with van der Waals surface area (Å²) in [6.45, 7) is 4.14. The minimum atomic E-state index is 0.220. The average Bonchev–Trinajstić information content (AvgIpc) is 3.11. The Labute approximate surface area is 125 Å². The van der Waals surface area contributed by atoms with Crippen molar-refractivity contribution in [2.24, 2.45) is 12.0 Å². The van der Waals surface area contributed by atoms with Gasteiger partial charge in [-0.25, -0.2) is 0 Å². The maximum atomic E-state index is 11.7. The minimum absolute atomic E-state index is 0.220. The summed E-state index contributed by atoms with van der Waals surface area (Å²) < 4.78 is 1.83. The molecule has 0 aromatic carbocycles. The van der Waals surface area contributed by atoms with Gasteiger partial charge in [-0.2, -0.15) is 5.10 Å². The van der Waals surface area contributed by atoms with Crippen LogP contribution < -0.4 is 10.6 Å². The number of carbonyl (C=O) groups excluding carboxylic acids is 1. The van der Waals surface area contributed by atoms with E-state index in [4.69, 9.17) is 0 Å². The van der Waals surface area contributed by atoms with Crippen LogP contribution in [-0.4, -0.2) is 52.7 Å². The zero-order chi connectivity index (χ0) is 15.2. The summed E-state index contributed by atoms with van der Waals surface area (Å²) in [5, 5.41) is 10.8. The Morgan fingerprint density at radius 2 is 2.38 bits per heavy atom. The van der Waals surface area contributed by atoms with E-state index >= 15 is 0 Å². The molecule has 1 saturated heterocycles. The first kappa shape index (κ1) is 15.3. The molecule has 7 heteroatoms. The minimum Gasteiger partial charge on any atom is -0.352 e. The van der Waals surface area contributed by atoms with Crippen molar-refractivity contribution in [3.63, 3.8) is 0 Å². The van der Waals surface area contributed by atoms with Crippen LogP contribution in [0.1, 0.15) is 25.5 Å². The van der Waals surface area contributed by atoms with Gasteiger partial charge in [0, 0.05) is 45.8 Å². The molecule has 1 aromatic rings. The van der Waals surface area contributed by atoms with Gasteiger partial charge >= 0.3 is 0 Å². The first-order chi connectivity index (χ1) is 10.1. The summed E-state index contributed by atoms with van der Waals surface area (Å²) in [5.74, 6) is 0.976. The summed E-state index contributed by atoms with van der Waals surface area (Å²) in [6, 6.07) is 2.23. The van der Waals surface area contributed by atoms with Crippen LogP contribution in [0.2, 0.25) is 0 Å². The van der Waals surface area contributed by atoms with Crippen LogP contribution in [-0.2, 0) is 18.4 Å². The van der Waals surface area contributed by atoms with E-state index in [1.54, 1.807) is 13.2 Å². The molecule has 21 heavy (non-hydrogen) atoms. The van der Waals surface area contributed by atoms with Crippen LogP contribution in [0, 0.1) is 0 Å². The van der Waals surface area contributed by atoms with E-state index in [0.717, 1.165) is 31.2 Å². The van der Waals surface area contributed by atoms with Crippen LogP contribution in [0.5, 0.6) is 0 Å². The number of hydrogen-bond acceptors (Lipinski definition) is 3. The molecule has 0 saturated carbocycles. The topological polar surface area (TPSA) is 74.6 Å². The maximum Gasteiger partial charge on any atom is 0.222 e. The third-order valence-corrected chi connectivity index (χ3v) is 3.77. The Kier molecular flexibility index (Phi) is 5.19.